The van der Waals surface area contributed by atoms with Gasteiger partial charge in [-0.1, -0.05) is 29.8 Å². The molecule has 2 aliphatic rings. The highest BCUT2D eigenvalue weighted by Crippen LogP contribution is 2.33. The van der Waals surface area contributed by atoms with Crippen molar-refractivity contribution in [3.05, 3.63) is 226 Å². The van der Waals surface area contributed by atoms with Crippen molar-refractivity contribution >= 4 is 56.6 Å². The van der Waals surface area contributed by atoms with Gasteiger partial charge in [-0.25, -0.2) is 14.0 Å². The van der Waals surface area contributed by atoms with Crippen LogP contribution in [0.15, 0.2) is 165 Å². The van der Waals surface area contributed by atoms with Crippen LogP contribution in [0.25, 0.3) is 32.9 Å². The summed E-state index contributed by atoms with van der Waals surface area (Å²) in [5.74, 6) is -0.958. The molecule has 0 fully saturated rings. The summed E-state index contributed by atoms with van der Waals surface area (Å²) in [4.78, 5) is 122. The molecule has 15 heteroatoms. The number of imide groups is 2. The van der Waals surface area contributed by atoms with Gasteiger partial charge >= 0.3 is 0 Å². The molecule has 2 aromatic heterocycles. The van der Waals surface area contributed by atoms with Crippen LogP contribution in [-0.2, 0) is 0 Å². The average Bonchev–Trinajstić information content (AvgIpc) is 3.94. The molecule has 0 radical (unpaired) electrons. The normalized spacial score (nSPS) is 13.2. The lowest BCUT2D eigenvalue weighted by atomic mass is 9.96. The summed E-state index contributed by atoms with van der Waals surface area (Å²) in [6.07, 6.45) is 0. The fourth-order valence-electron chi connectivity index (χ4n) is 8.60. The van der Waals surface area contributed by atoms with Crippen molar-refractivity contribution < 1.29 is 33.4 Å². The molecule has 4 heterocycles. The number of ether oxygens (including phenoxy) is 2. The highest BCUT2D eigenvalue weighted by Gasteiger charge is 2.38. The SMILES string of the molecule is Cc1ccc(Oc2ccc(-n3c(=O)c4cc5c(=O)n(-c6ccc(Oc7ccc(N8C(=O)c9ccc(C(=O)c%10ccc%11c(c%10)C(=O)N(C)C%11=O)cc9C8=O)cc7)cc6)c(=O)c5cc4c3=O)cc2)cc1. The minimum Gasteiger partial charge on any atom is -0.457 e. The Morgan fingerprint density at radius 1 is 0.382 bits per heavy atom. The third-order valence-corrected chi connectivity index (χ3v) is 12.2. The van der Waals surface area contributed by atoms with Crippen LogP contribution in [0.4, 0.5) is 5.69 Å². The molecular weight excluding hydrogens is 869 g/mol. The molecule has 0 atom stereocenters. The Morgan fingerprint density at radius 2 is 0.721 bits per heavy atom. The standard InChI is InChI=1S/C53H30N4O11/c1-27-3-13-33(14-4-27)67-34-17-9-31(10-18-34)56-50(63)41-25-43-44(26-42(41)51(56)64)53(66)57(52(43)65)32-11-19-36(20-12-32)68-35-15-7-30(8-16-35)55-48(61)38-22-6-29(24-40(38)49(55)62)45(58)28-5-21-37-39(23-28)47(60)54(2)46(37)59/h3-26H,1-2H3. The summed E-state index contributed by atoms with van der Waals surface area (Å²) in [6, 6.07) is 37.0. The first-order chi connectivity index (χ1) is 32.7. The predicted octanol–water partition coefficient (Wildman–Crippen LogP) is 7.04. The predicted molar refractivity (Wildman–Crippen MR) is 249 cm³/mol. The molecule has 15 nitrogen and oxygen atoms in total. The lowest BCUT2D eigenvalue weighted by molar-refractivity contribution is 0.0692. The maximum absolute atomic E-state index is 13.7. The van der Waals surface area contributed by atoms with E-state index in [1.807, 2.05) is 31.2 Å². The molecule has 0 saturated carbocycles. The number of amides is 4. The van der Waals surface area contributed by atoms with Gasteiger partial charge < -0.3 is 9.47 Å². The van der Waals surface area contributed by atoms with Gasteiger partial charge in [-0.15, -0.1) is 0 Å². The fraction of sp³-hybridized carbons (Fsp3) is 0.0377. The number of rotatable bonds is 9. The molecule has 0 spiro atoms. The van der Waals surface area contributed by atoms with Gasteiger partial charge in [-0.05, 0) is 128 Å². The van der Waals surface area contributed by atoms with Gasteiger partial charge in [0.2, 0.25) is 0 Å². The molecule has 11 rings (SSSR count). The van der Waals surface area contributed by atoms with E-state index >= 15 is 0 Å². The number of carbonyl (C=O) groups is 5. The largest absolute Gasteiger partial charge is 0.457 e. The summed E-state index contributed by atoms with van der Waals surface area (Å²) >= 11 is 0. The van der Waals surface area contributed by atoms with Crippen molar-refractivity contribution in [2.24, 2.45) is 0 Å². The number of carbonyl (C=O) groups excluding carboxylic acids is 5. The van der Waals surface area contributed by atoms with E-state index in [1.165, 1.54) is 92.0 Å². The number of hydrogen-bond donors (Lipinski definition) is 0. The smallest absolute Gasteiger partial charge is 0.266 e. The number of fused-ring (bicyclic) bond motifs is 4. The number of hydrogen-bond acceptors (Lipinski definition) is 11. The van der Waals surface area contributed by atoms with E-state index < -0.39 is 51.6 Å². The van der Waals surface area contributed by atoms with Gasteiger partial charge in [-0.3, -0.25) is 48.1 Å². The fourth-order valence-corrected chi connectivity index (χ4v) is 8.60. The zero-order valence-corrected chi connectivity index (χ0v) is 35.6. The molecule has 328 valence electrons. The minimum absolute atomic E-state index is 0.00331. The lowest BCUT2D eigenvalue weighted by Crippen LogP contribution is -2.29. The third-order valence-electron chi connectivity index (χ3n) is 12.2. The molecule has 0 aliphatic carbocycles. The van der Waals surface area contributed by atoms with E-state index in [4.69, 9.17) is 9.47 Å². The molecule has 2 aliphatic heterocycles. The maximum Gasteiger partial charge on any atom is 0.266 e. The van der Waals surface area contributed by atoms with Gasteiger partial charge in [0.15, 0.2) is 5.78 Å². The van der Waals surface area contributed by atoms with Gasteiger partial charge in [-0.2, -0.15) is 0 Å². The molecule has 0 unspecified atom stereocenters. The number of anilines is 1. The Labute approximate surface area is 382 Å². The van der Waals surface area contributed by atoms with Crippen molar-refractivity contribution in [3.63, 3.8) is 0 Å². The first-order valence-corrected chi connectivity index (χ1v) is 21.0. The third kappa shape index (κ3) is 6.40. The van der Waals surface area contributed by atoms with Crippen LogP contribution in [0.2, 0.25) is 0 Å². The molecule has 68 heavy (non-hydrogen) atoms. The van der Waals surface area contributed by atoms with Gasteiger partial charge in [0.05, 0.1) is 60.9 Å². The summed E-state index contributed by atoms with van der Waals surface area (Å²) in [6.45, 7) is 1.97. The molecule has 7 aromatic carbocycles. The molecule has 4 amide bonds. The van der Waals surface area contributed by atoms with Crippen molar-refractivity contribution in [3.8, 4) is 34.4 Å². The molecule has 9 aromatic rings. The number of nitrogens with zero attached hydrogens (tertiary/aromatic N) is 4. The topological polar surface area (TPSA) is 188 Å². The Kier molecular flexibility index (Phi) is 9.21. The Hall–Kier alpha value is -9.63. The zero-order valence-electron chi connectivity index (χ0n) is 35.6. The van der Waals surface area contributed by atoms with Crippen molar-refractivity contribution in [1.82, 2.24) is 14.0 Å². The Balaban J connectivity index is 0.791. The number of aryl methyl sites for hydroxylation is 1. The van der Waals surface area contributed by atoms with Crippen LogP contribution in [-0.4, -0.2) is 50.5 Å². The highest BCUT2D eigenvalue weighted by atomic mass is 16.5. The summed E-state index contributed by atoms with van der Waals surface area (Å²) in [5, 5.41) is -0.0482. The number of aromatic nitrogens is 2. The van der Waals surface area contributed by atoms with Crippen molar-refractivity contribution in [2.45, 2.75) is 6.92 Å². The molecule has 0 saturated heterocycles. The van der Waals surface area contributed by atoms with Crippen LogP contribution in [0.5, 0.6) is 23.0 Å². The van der Waals surface area contributed by atoms with E-state index in [9.17, 15) is 43.2 Å². The maximum atomic E-state index is 13.7. The minimum atomic E-state index is -0.673. The monoisotopic (exact) mass is 898 g/mol. The molecular formula is C53H30N4O11. The zero-order chi connectivity index (χ0) is 47.3. The highest BCUT2D eigenvalue weighted by molar-refractivity contribution is 6.35. The van der Waals surface area contributed by atoms with Crippen LogP contribution in [0, 0.1) is 6.92 Å². The van der Waals surface area contributed by atoms with E-state index in [-0.39, 0.29) is 66.3 Å². The van der Waals surface area contributed by atoms with E-state index in [0.717, 1.165) is 24.5 Å². The Morgan fingerprint density at radius 3 is 1.15 bits per heavy atom. The second kappa shape index (κ2) is 15.2. The lowest BCUT2D eigenvalue weighted by Gasteiger charge is -2.14. The van der Waals surface area contributed by atoms with Gasteiger partial charge in [0.25, 0.3) is 45.9 Å². The molecule has 0 N–H and O–H groups in total. The van der Waals surface area contributed by atoms with Crippen molar-refractivity contribution in [1.29, 1.82) is 0 Å². The van der Waals surface area contributed by atoms with Crippen LogP contribution in [0.1, 0.15) is 62.9 Å². The second-order valence-corrected chi connectivity index (χ2v) is 16.3. The quantitative estimate of drug-likeness (QED) is 0.107. The van der Waals surface area contributed by atoms with Gasteiger partial charge in [0, 0.05) is 18.2 Å². The first-order valence-electron chi connectivity index (χ1n) is 21.0. The van der Waals surface area contributed by atoms with E-state index in [2.05, 4.69) is 0 Å². The van der Waals surface area contributed by atoms with Crippen LogP contribution in [0.3, 0.4) is 0 Å². The summed E-state index contributed by atoms with van der Waals surface area (Å²) < 4.78 is 13.8. The average molecular weight is 899 g/mol. The van der Waals surface area contributed by atoms with E-state index in [1.54, 1.807) is 36.4 Å². The summed E-state index contributed by atoms with van der Waals surface area (Å²) in [7, 11) is 1.35. The Bertz CT molecular complexity index is 3860. The second-order valence-electron chi connectivity index (χ2n) is 16.3. The van der Waals surface area contributed by atoms with Gasteiger partial charge in [0.1, 0.15) is 23.0 Å². The van der Waals surface area contributed by atoms with Crippen LogP contribution < -0.4 is 36.6 Å². The molecule has 0 bridgehead atoms. The van der Waals surface area contributed by atoms with Crippen molar-refractivity contribution in [2.75, 3.05) is 11.9 Å². The number of benzene rings is 7. The van der Waals surface area contributed by atoms with Crippen LogP contribution >= 0.6 is 0 Å². The first kappa shape index (κ1) is 41.1. The number of ketones is 1. The van der Waals surface area contributed by atoms with E-state index in [0.29, 0.717) is 28.7 Å². The summed E-state index contributed by atoms with van der Waals surface area (Å²) in [5.41, 5.74) is -0.123.